The van der Waals surface area contributed by atoms with Gasteiger partial charge in [-0.15, -0.1) is 0 Å². The molecule has 0 aliphatic carbocycles. The lowest BCUT2D eigenvalue weighted by atomic mass is 10.2. The fourth-order valence-electron chi connectivity index (χ4n) is 2.87. The van der Waals surface area contributed by atoms with E-state index in [-0.39, 0.29) is 11.8 Å². The van der Waals surface area contributed by atoms with Gasteiger partial charge in [-0.05, 0) is 42.0 Å². The summed E-state index contributed by atoms with van der Waals surface area (Å²) in [4.78, 5) is 31.6. The Balaban J connectivity index is 1.35. The number of benzene rings is 2. The van der Waals surface area contributed by atoms with E-state index in [2.05, 4.69) is 20.6 Å². The summed E-state index contributed by atoms with van der Waals surface area (Å²) >= 11 is 0. The summed E-state index contributed by atoms with van der Waals surface area (Å²) in [6.07, 6.45) is 3.39. The van der Waals surface area contributed by atoms with Crippen molar-refractivity contribution in [3.63, 3.8) is 0 Å². The third kappa shape index (κ3) is 3.91. The number of carbonyl (C=O) groups is 2. The van der Waals surface area contributed by atoms with Gasteiger partial charge in [-0.2, -0.15) is 0 Å². The Labute approximate surface area is 161 Å². The summed E-state index contributed by atoms with van der Waals surface area (Å²) in [7, 11) is 0. The van der Waals surface area contributed by atoms with Crippen LogP contribution in [0.25, 0.3) is 10.9 Å². The highest BCUT2D eigenvalue weighted by Gasteiger charge is 2.09. The third-order valence-corrected chi connectivity index (χ3v) is 4.37. The van der Waals surface area contributed by atoms with Crippen molar-refractivity contribution in [2.24, 2.45) is 0 Å². The number of aromatic nitrogens is 2. The van der Waals surface area contributed by atoms with Crippen molar-refractivity contribution in [3.8, 4) is 0 Å². The number of anilines is 1. The van der Waals surface area contributed by atoms with Crippen LogP contribution in [0.2, 0.25) is 0 Å². The maximum atomic E-state index is 12.3. The number of hydrogen-bond acceptors (Lipinski definition) is 3. The van der Waals surface area contributed by atoms with E-state index in [0.29, 0.717) is 23.5 Å². The summed E-state index contributed by atoms with van der Waals surface area (Å²) in [5, 5.41) is 6.63. The van der Waals surface area contributed by atoms with Crippen LogP contribution in [0.15, 0.2) is 79.1 Å². The first kappa shape index (κ1) is 17.5. The lowest BCUT2D eigenvalue weighted by Crippen LogP contribution is -2.23. The fourth-order valence-corrected chi connectivity index (χ4v) is 2.87. The molecule has 0 unspecified atom stereocenters. The maximum absolute atomic E-state index is 12.3. The number of aromatic amines is 1. The van der Waals surface area contributed by atoms with E-state index in [9.17, 15) is 9.59 Å². The number of nitrogens with zero attached hydrogens (tertiary/aromatic N) is 1. The van der Waals surface area contributed by atoms with Gasteiger partial charge in [0, 0.05) is 41.1 Å². The Kier molecular flexibility index (Phi) is 4.84. The molecule has 6 heteroatoms. The summed E-state index contributed by atoms with van der Waals surface area (Å²) in [6.45, 7) is 0.388. The van der Waals surface area contributed by atoms with Crippen molar-refractivity contribution in [2.75, 3.05) is 5.32 Å². The Morgan fingerprint density at radius 2 is 1.71 bits per heavy atom. The highest BCUT2D eigenvalue weighted by Crippen LogP contribution is 2.14. The molecule has 0 bridgehead atoms. The summed E-state index contributed by atoms with van der Waals surface area (Å²) in [5.41, 5.74) is 3.61. The van der Waals surface area contributed by atoms with Crippen molar-refractivity contribution >= 4 is 28.4 Å². The van der Waals surface area contributed by atoms with Crippen LogP contribution in [0.5, 0.6) is 0 Å². The van der Waals surface area contributed by atoms with Crippen LogP contribution in [-0.2, 0) is 6.54 Å². The Hall–Kier alpha value is -3.93. The van der Waals surface area contributed by atoms with E-state index < -0.39 is 0 Å². The molecule has 4 rings (SSSR count). The molecule has 0 atom stereocenters. The monoisotopic (exact) mass is 370 g/mol. The Morgan fingerprint density at radius 3 is 2.46 bits per heavy atom. The van der Waals surface area contributed by atoms with Gasteiger partial charge in [-0.25, -0.2) is 0 Å². The van der Waals surface area contributed by atoms with Gasteiger partial charge in [0.05, 0.1) is 0 Å². The molecular weight excluding hydrogens is 352 g/mol. The second kappa shape index (κ2) is 7.75. The predicted octanol–water partition coefficient (Wildman–Crippen LogP) is 3.75. The molecule has 4 aromatic rings. The Bertz CT molecular complexity index is 1090. The molecule has 0 fully saturated rings. The van der Waals surface area contributed by atoms with E-state index >= 15 is 0 Å². The van der Waals surface area contributed by atoms with Crippen LogP contribution in [0, 0.1) is 0 Å². The van der Waals surface area contributed by atoms with E-state index in [0.717, 1.165) is 16.5 Å². The molecule has 0 spiro atoms. The molecule has 0 saturated heterocycles. The molecule has 0 radical (unpaired) electrons. The van der Waals surface area contributed by atoms with Crippen LogP contribution >= 0.6 is 0 Å². The average molecular weight is 370 g/mol. The van der Waals surface area contributed by atoms with Crippen LogP contribution in [0.1, 0.15) is 26.4 Å². The van der Waals surface area contributed by atoms with Crippen LogP contribution in [0.4, 0.5) is 5.69 Å². The van der Waals surface area contributed by atoms with E-state index in [4.69, 9.17) is 0 Å². The minimum Gasteiger partial charge on any atom is -0.350 e. The highest BCUT2D eigenvalue weighted by atomic mass is 16.2. The molecule has 28 heavy (non-hydrogen) atoms. The highest BCUT2D eigenvalue weighted by molar-refractivity contribution is 6.04. The van der Waals surface area contributed by atoms with Gasteiger partial charge in [0.15, 0.2) is 0 Å². The van der Waals surface area contributed by atoms with Gasteiger partial charge < -0.3 is 15.6 Å². The van der Waals surface area contributed by atoms with Crippen molar-refractivity contribution in [2.45, 2.75) is 6.54 Å². The SMILES string of the molecule is O=C(Nc1ccc(CNC(=O)c2cc3cnccc3[nH]2)cc1)c1ccccc1. The number of amides is 2. The molecule has 0 aliphatic rings. The van der Waals surface area contributed by atoms with Gasteiger partial charge >= 0.3 is 0 Å². The lowest BCUT2D eigenvalue weighted by molar-refractivity contribution is 0.0946. The summed E-state index contributed by atoms with van der Waals surface area (Å²) in [5.74, 6) is -0.340. The van der Waals surface area contributed by atoms with Gasteiger partial charge in [0.1, 0.15) is 5.69 Å². The number of nitrogens with one attached hydrogen (secondary N) is 3. The van der Waals surface area contributed by atoms with Crippen LogP contribution in [0.3, 0.4) is 0 Å². The number of hydrogen-bond donors (Lipinski definition) is 3. The largest absolute Gasteiger partial charge is 0.350 e. The summed E-state index contributed by atoms with van der Waals surface area (Å²) < 4.78 is 0. The topological polar surface area (TPSA) is 86.9 Å². The normalized spacial score (nSPS) is 10.6. The molecule has 2 aromatic carbocycles. The molecule has 138 valence electrons. The maximum Gasteiger partial charge on any atom is 0.267 e. The van der Waals surface area contributed by atoms with Crippen LogP contribution in [-0.4, -0.2) is 21.8 Å². The quantitative estimate of drug-likeness (QED) is 0.500. The number of rotatable bonds is 5. The van der Waals surface area contributed by atoms with E-state index in [1.807, 2.05) is 48.5 Å². The number of carbonyl (C=O) groups excluding carboxylic acids is 2. The second-order valence-corrected chi connectivity index (χ2v) is 6.35. The van der Waals surface area contributed by atoms with E-state index in [1.165, 1.54) is 0 Å². The summed E-state index contributed by atoms with van der Waals surface area (Å²) in [6, 6.07) is 20.0. The van der Waals surface area contributed by atoms with Crippen molar-refractivity contribution in [1.82, 2.24) is 15.3 Å². The Morgan fingerprint density at radius 1 is 0.929 bits per heavy atom. The molecule has 6 nitrogen and oxygen atoms in total. The first-order chi connectivity index (χ1) is 13.7. The lowest BCUT2D eigenvalue weighted by Gasteiger charge is -2.07. The minimum atomic E-state index is -0.183. The van der Waals surface area contributed by atoms with Crippen molar-refractivity contribution in [1.29, 1.82) is 0 Å². The van der Waals surface area contributed by atoms with Gasteiger partial charge in [-0.3, -0.25) is 14.6 Å². The molecule has 3 N–H and O–H groups in total. The molecule has 0 aliphatic heterocycles. The zero-order valence-electron chi connectivity index (χ0n) is 15.0. The zero-order chi connectivity index (χ0) is 19.3. The third-order valence-electron chi connectivity index (χ3n) is 4.37. The molecule has 2 amide bonds. The van der Waals surface area contributed by atoms with Gasteiger partial charge in [0.25, 0.3) is 11.8 Å². The van der Waals surface area contributed by atoms with Gasteiger partial charge in [0.2, 0.25) is 0 Å². The van der Waals surface area contributed by atoms with Crippen molar-refractivity contribution < 1.29 is 9.59 Å². The molecule has 2 aromatic heterocycles. The predicted molar refractivity (Wildman–Crippen MR) is 108 cm³/mol. The standard InChI is InChI=1S/C22H18N4O2/c27-21(16-4-2-1-3-5-16)25-18-8-6-15(7-9-18)13-24-22(28)20-12-17-14-23-11-10-19(17)26-20/h1-12,14,26H,13H2,(H,24,28)(H,25,27). The second-order valence-electron chi connectivity index (χ2n) is 6.35. The fraction of sp³-hybridized carbons (Fsp3) is 0.0455. The van der Waals surface area contributed by atoms with E-state index in [1.54, 1.807) is 30.6 Å². The first-order valence-corrected chi connectivity index (χ1v) is 8.85. The number of pyridine rings is 1. The van der Waals surface area contributed by atoms with Crippen LogP contribution < -0.4 is 10.6 Å². The number of H-pyrrole nitrogens is 1. The average Bonchev–Trinajstić information content (AvgIpc) is 3.18. The van der Waals surface area contributed by atoms with Crippen molar-refractivity contribution in [3.05, 3.63) is 95.9 Å². The molecular formula is C22H18N4O2. The van der Waals surface area contributed by atoms with Gasteiger partial charge in [-0.1, -0.05) is 30.3 Å². The minimum absolute atomic E-state index is 0.157. The molecule has 0 saturated carbocycles. The first-order valence-electron chi connectivity index (χ1n) is 8.85. The molecule has 2 heterocycles. The number of fused-ring (bicyclic) bond motifs is 1. The smallest absolute Gasteiger partial charge is 0.267 e. The zero-order valence-corrected chi connectivity index (χ0v) is 15.0.